The lowest BCUT2D eigenvalue weighted by molar-refractivity contribution is 0.102. The molecule has 28 heavy (non-hydrogen) atoms. The lowest BCUT2D eigenvalue weighted by Gasteiger charge is -2.09. The molecule has 6 heteroatoms. The predicted molar refractivity (Wildman–Crippen MR) is 111 cm³/mol. The van der Waals surface area contributed by atoms with Gasteiger partial charge in [-0.1, -0.05) is 24.3 Å². The topological polar surface area (TPSA) is 65.3 Å². The van der Waals surface area contributed by atoms with Gasteiger partial charge in [-0.3, -0.25) is 14.3 Å². The molecule has 3 aromatic rings. The van der Waals surface area contributed by atoms with Crippen molar-refractivity contribution in [3.8, 4) is 11.4 Å². The third-order valence-corrected chi connectivity index (χ3v) is 4.70. The fraction of sp³-hybridized carbons (Fsp3) is 0.182. The normalized spacial score (nSPS) is 10.5. The van der Waals surface area contributed by atoms with E-state index in [9.17, 15) is 9.59 Å². The van der Waals surface area contributed by atoms with Crippen molar-refractivity contribution in [3.05, 3.63) is 88.4 Å². The van der Waals surface area contributed by atoms with Crippen LogP contribution in [0.15, 0.2) is 66.0 Å². The van der Waals surface area contributed by atoms with Crippen LogP contribution in [0.1, 0.15) is 21.6 Å². The van der Waals surface area contributed by atoms with E-state index in [1.807, 2.05) is 30.3 Å². The standard InChI is InChI=1S/C22H23N3O3/c1-5-9-16-14-17(12-13-19(16)28-4)21(26)23-20-15(2)24(3)25(22(20)27)18-10-7-6-8-11-18/h5-8,10-14H,1,9H2,2-4H3,(H,23,26). The monoisotopic (exact) mass is 377 g/mol. The largest absolute Gasteiger partial charge is 0.496 e. The molecule has 0 fully saturated rings. The number of allylic oxidation sites excluding steroid dienone is 1. The minimum atomic E-state index is -0.348. The molecule has 2 aromatic carbocycles. The molecular weight excluding hydrogens is 354 g/mol. The van der Waals surface area contributed by atoms with Gasteiger partial charge in [0.05, 0.1) is 18.5 Å². The number of nitrogens with one attached hydrogen (secondary N) is 1. The number of methoxy groups -OCH3 is 1. The lowest BCUT2D eigenvalue weighted by Crippen LogP contribution is -2.23. The van der Waals surface area contributed by atoms with Gasteiger partial charge in [-0.05, 0) is 49.2 Å². The molecule has 1 aromatic heterocycles. The van der Waals surface area contributed by atoms with Gasteiger partial charge < -0.3 is 10.1 Å². The van der Waals surface area contributed by atoms with E-state index in [2.05, 4.69) is 11.9 Å². The summed E-state index contributed by atoms with van der Waals surface area (Å²) < 4.78 is 8.58. The summed E-state index contributed by atoms with van der Waals surface area (Å²) in [6, 6.07) is 14.5. The van der Waals surface area contributed by atoms with Crippen molar-refractivity contribution in [3.63, 3.8) is 0 Å². The van der Waals surface area contributed by atoms with E-state index in [0.29, 0.717) is 23.4 Å². The van der Waals surface area contributed by atoms with Gasteiger partial charge in [0.15, 0.2) is 0 Å². The summed E-state index contributed by atoms with van der Waals surface area (Å²) in [6.07, 6.45) is 2.33. The Kier molecular flexibility index (Phi) is 5.49. The summed E-state index contributed by atoms with van der Waals surface area (Å²) in [5.74, 6) is 0.345. The molecule has 0 saturated carbocycles. The quantitative estimate of drug-likeness (QED) is 0.669. The summed E-state index contributed by atoms with van der Waals surface area (Å²) in [7, 11) is 3.37. The zero-order chi connectivity index (χ0) is 20.3. The van der Waals surface area contributed by atoms with E-state index in [1.165, 1.54) is 4.68 Å². The third kappa shape index (κ3) is 3.49. The van der Waals surface area contributed by atoms with Crippen molar-refractivity contribution in [2.75, 3.05) is 12.4 Å². The maximum absolute atomic E-state index is 12.9. The number of rotatable bonds is 6. The smallest absolute Gasteiger partial charge is 0.295 e. The van der Waals surface area contributed by atoms with Gasteiger partial charge >= 0.3 is 0 Å². The molecule has 0 aliphatic carbocycles. The van der Waals surface area contributed by atoms with Crippen molar-refractivity contribution in [1.82, 2.24) is 9.36 Å². The lowest BCUT2D eigenvalue weighted by atomic mass is 10.1. The molecule has 6 nitrogen and oxygen atoms in total. The Morgan fingerprint density at radius 1 is 1.21 bits per heavy atom. The van der Waals surface area contributed by atoms with Crippen LogP contribution in [0.4, 0.5) is 5.69 Å². The second kappa shape index (κ2) is 8.00. The molecule has 0 spiro atoms. The maximum atomic E-state index is 12.9. The van der Waals surface area contributed by atoms with Gasteiger partial charge in [-0.25, -0.2) is 4.68 Å². The summed E-state index contributed by atoms with van der Waals surface area (Å²) >= 11 is 0. The van der Waals surface area contributed by atoms with Crippen LogP contribution in [0.2, 0.25) is 0 Å². The summed E-state index contributed by atoms with van der Waals surface area (Å²) in [6.45, 7) is 5.53. The van der Waals surface area contributed by atoms with Crippen molar-refractivity contribution in [2.24, 2.45) is 7.05 Å². The highest BCUT2D eigenvalue weighted by atomic mass is 16.5. The molecule has 0 atom stereocenters. The average molecular weight is 377 g/mol. The molecule has 0 aliphatic heterocycles. The maximum Gasteiger partial charge on any atom is 0.295 e. The van der Waals surface area contributed by atoms with E-state index < -0.39 is 0 Å². The number of benzene rings is 2. The highest BCUT2D eigenvalue weighted by Gasteiger charge is 2.19. The van der Waals surface area contributed by atoms with Gasteiger partial charge in [0.2, 0.25) is 0 Å². The van der Waals surface area contributed by atoms with Crippen LogP contribution >= 0.6 is 0 Å². The molecule has 1 heterocycles. The van der Waals surface area contributed by atoms with Crippen molar-refractivity contribution in [1.29, 1.82) is 0 Å². The van der Waals surface area contributed by atoms with E-state index in [-0.39, 0.29) is 17.2 Å². The third-order valence-electron chi connectivity index (χ3n) is 4.70. The van der Waals surface area contributed by atoms with Crippen LogP contribution in [-0.4, -0.2) is 22.4 Å². The Morgan fingerprint density at radius 2 is 1.93 bits per heavy atom. The van der Waals surface area contributed by atoms with Gasteiger partial charge in [-0.2, -0.15) is 0 Å². The highest BCUT2D eigenvalue weighted by Crippen LogP contribution is 2.22. The van der Waals surface area contributed by atoms with Crippen molar-refractivity contribution in [2.45, 2.75) is 13.3 Å². The van der Waals surface area contributed by atoms with Crippen LogP contribution in [0.25, 0.3) is 5.69 Å². The van der Waals surface area contributed by atoms with Gasteiger partial charge in [0.25, 0.3) is 11.5 Å². The number of amides is 1. The molecule has 0 saturated heterocycles. The van der Waals surface area contributed by atoms with Crippen molar-refractivity contribution < 1.29 is 9.53 Å². The van der Waals surface area contributed by atoms with Gasteiger partial charge in [0.1, 0.15) is 11.4 Å². The number of carbonyl (C=O) groups is 1. The number of ether oxygens (including phenoxy) is 1. The number of aromatic nitrogens is 2. The second-order valence-electron chi connectivity index (χ2n) is 6.41. The number of anilines is 1. The number of para-hydroxylation sites is 1. The van der Waals surface area contributed by atoms with Crippen LogP contribution in [0.3, 0.4) is 0 Å². The van der Waals surface area contributed by atoms with Gasteiger partial charge in [-0.15, -0.1) is 6.58 Å². The molecular formula is C22H23N3O3. The molecule has 3 rings (SSSR count). The molecule has 1 N–H and O–H groups in total. The van der Waals surface area contributed by atoms with Crippen LogP contribution < -0.4 is 15.6 Å². The van der Waals surface area contributed by atoms with E-state index in [1.54, 1.807) is 50.0 Å². The van der Waals surface area contributed by atoms with E-state index >= 15 is 0 Å². The SMILES string of the molecule is C=CCc1cc(C(=O)Nc2c(C)n(C)n(-c3ccccc3)c2=O)ccc1OC. The molecule has 1 amide bonds. The molecule has 144 valence electrons. The number of nitrogens with zero attached hydrogens (tertiary/aromatic N) is 2. The Bertz CT molecular complexity index is 1080. The summed E-state index contributed by atoms with van der Waals surface area (Å²) in [5, 5.41) is 2.77. The minimum absolute atomic E-state index is 0.262. The highest BCUT2D eigenvalue weighted by molar-refractivity contribution is 6.04. The fourth-order valence-corrected chi connectivity index (χ4v) is 3.13. The first-order chi connectivity index (χ1) is 13.5. The Hall–Kier alpha value is -3.54. The zero-order valence-electron chi connectivity index (χ0n) is 16.2. The Morgan fingerprint density at radius 3 is 2.57 bits per heavy atom. The number of hydrogen-bond acceptors (Lipinski definition) is 3. The molecule has 0 aliphatic rings. The predicted octanol–water partition coefficient (Wildman–Crippen LogP) is 3.47. The minimum Gasteiger partial charge on any atom is -0.496 e. The molecule has 0 bridgehead atoms. The molecule has 0 radical (unpaired) electrons. The first-order valence-corrected chi connectivity index (χ1v) is 8.91. The van der Waals surface area contributed by atoms with Crippen LogP contribution in [-0.2, 0) is 13.5 Å². The number of carbonyl (C=O) groups excluding carboxylic acids is 1. The fourth-order valence-electron chi connectivity index (χ4n) is 3.13. The average Bonchev–Trinajstić information content (AvgIpc) is 2.92. The second-order valence-corrected chi connectivity index (χ2v) is 6.41. The summed E-state index contributed by atoms with van der Waals surface area (Å²) in [5.41, 5.74) is 2.69. The molecule has 0 unspecified atom stereocenters. The number of hydrogen-bond donors (Lipinski definition) is 1. The zero-order valence-corrected chi connectivity index (χ0v) is 16.2. The van der Waals surface area contributed by atoms with Crippen LogP contribution in [0.5, 0.6) is 5.75 Å². The van der Waals surface area contributed by atoms with Gasteiger partial charge in [0, 0.05) is 12.6 Å². The Labute approximate surface area is 163 Å². The summed E-state index contributed by atoms with van der Waals surface area (Å²) in [4.78, 5) is 25.7. The van der Waals surface area contributed by atoms with E-state index in [4.69, 9.17) is 4.74 Å². The first-order valence-electron chi connectivity index (χ1n) is 8.91. The van der Waals surface area contributed by atoms with Crippen LogP contribution in [0, 0.1) is 6.92 Å². The van der Waals surface area contributed by atoms with Crippen molar-refractivity contribution >= 4 is 11.6 Å². The first kappa shape index (κ1) is 19.2. The van der Waals surface area contributed by atoms with E-state index in [0.717, 1.165) is 11.3 Å². The Balaban J connectivity index is 1.97.